The summed E-state index contributed by atoms with van der Waals surface area (Å²) in [5.74, 6) is 1.73. The molecule has 2 aromatic heterocycles. The minimum atomic E-state index is -0.113. The molecule has 1 saturated heterocycles. The Morgan fingerprint density at radius 2 is 1.93 bits per heavy atom. The minimum Gasteiger partial charge on any atom is -0.347 e. The number of amides is 1. The molecule has 0 radical (unpaired) electrons. The lowest BCUT2D eigenvalue weighted by molar-refractivity contribution is -0.121. The quantitative estimate of drug-likeness (QED) is 0.687. The van der Waals surface area contributed by atoms with Gasteiger partial charge in [0, 0.05) is 27.2 Å². The fraction of sp³-hybridized carbons (Fsp3) is 0.421. The second kappa shape index (κ2) is 7.79. The van der Waals surface area contributed by atoms with Crippen molar-refractivity contribution in [1.29, 1.82) is 0 Å². The first kappa shape index (κ1) is 18.1. The maximum absolute atomic E-state index is 12.4. The number of carbonyl (C=O) groups excluding carboxylic acids is 1. The van der Waals surface area contributed by atoms with Gasteiger partial charge in [0.25, 0.3) is 0 Å². The van der Waals surface area contributed by atoms with E-state index in [9.17, 15) is 4.79 Å². The van der Waals surface area contributed by atoms with Crippen LogP contribution < -0.4 is 15.1 Å². The zero-order valence-corrected chi connectivity index (χ0v) is 16.2. The molecule has 9 nitrogen and oxygen atoms in total. The average Bonchev–Trinajstić information content (AvgIpc) is 3.37. The molecule has 3 heterocycles. The van der Waals surface area contributed by atoms with Crippen molar-refractivity contribution in [3.8, 4) is 0 Å². The van der Waals surface area contributed by atoms with Crippen molar-refractivity contribution >= 4 is 28.8 Å². The molecule has 1 aromatic carbocycles. The number of carbonyl (C=O) groups is 1. The van der Waals surface area contributed by atoms with Crippen LogP contribution in [0.15, 0.2) is 30.6 Å². The second-order valence-corrected chi connectivity index (χ2v) is 7.08. The number of fused-ring (bicyclic) bond motifs is 1. The maximum atomic E-state index is 12.4. The van der Waals surface area contributed by atoms with Gasteiger partial charge in [-0.3, -0.25) is 4.79 Å². The zero-order valence-electron chi connectivity index (χ0n) is 16.2. The highest BCUT2D eigenvalue weighted by Crippen LogP contribution is 2.18. The molecule has 4 rings (SSSR count). The van der Waals surface area contributed by atoms with Crippen molar-refractivity contribution in [3.63, 3.8) is 0 Å². The molecule has 0 spiro atoms. The Bertz CT molecular complexity index is 977. The van der Waals surface area contributed by atoms with E-state index < -0.39 is 0 Å². The van der Waals surface area contributed by atoms with Crippen LogP contribution >= 0.6 is 0 Å². The lowest BCUT2D eigenvalue weighted by atomic mass is 10.3. The molecule has 1 N–H and O–H groups in total. The van der Waals surface area contributed by atoms with Crippen LogP contribution in [-0.2, 0) is 17.9 Å². The fourth-order valence-electron chi connectivity index (χ4n) is 3.26. The van der Waals surface area contributed by atoms with Crippen LogP contribution in [0.1, 0.15) is 18.7 Å². The largest absolute Gasteiger partial charge is 0.347 e. The Morgan fingerprint density at radius 3 is 2.71 bits per heavy atom. The van der Waals surface area contributed by atoms with Crippen LogP contribution in [0.2, 0.25) is 0 Å². The van der Waals surface area contributed by atoms with Gasteiger partial charge in [-0.2, -0.15) is 15.0 Å². The lowest BCUT2D eigenvalue weighted by Gasteiger charge is -2.19. The zero-order chi connectivity index (χ0) is 19.5. The molecule has 146 valence electrons. The summed E-state index contributed by atoms with van der Waals surface area (Å²) in [7, 11) is 3.80. The van der Waals surface area contributed by atoms with Gasteiger partial charge < -0.3 is 19.7 Å². The van der Waals surface area contributed by atoms with E-state index in [1.54, 1.807) is 6.33 Å². The van der Waals surface area contributed by atoms with Crippen LogP contribution in [0.25, 0.3) is 11.0 Å². The van der Waals surface area contributed by atoms with Gasteiger partial charge in [-0.15, -0.1) is 0 Å². The van der Waals surface area contributed by atoms with Gasteiger partial charge in [0.15, 0.2) is 5.82 Å². The molecule has 1 fully saturated rings. The number of nitrogens with one attached hydrogen (secondary N) is 1. The Hall–Kier alpha value is -3.23. The maximum Gasteiger partial charge on any atom is 0.240 e. The van der Waals surface area contributed by atoms with Crippen molar-refractivity contribution in [1.82, 2.24) is 29.8 Å². The number of rotatable bonds is 6. The number of anilines is 2. The Balaban J connectivity index is 1.45. The van der Waals surface area contributed by atoms with Gasteiger partial charge in [-0.1, -0.05) is 12.1 Å². The Morgan fingerprint density at radius 1 is 1.14 bits per heavy atom. The van der Waals surface area contributed by atoms with Crippen molar-refractivity contribution in [2.45, 2.75) is 25.9 Å². The van der Waals surface area contributed by atoms with Crippen molar-refractivity contribution in [3.05, 3.63) is 36.4 Å². The monoisotopic (exact) mass is 380 g/mol. The molecule has 0 atom stereocenters. The number of hydrogen-bond acceptors (Lipinski definition) is 7. The van der Waals surface area contributed by atoms with Crippen LogP contribution in [0.3, 0.4) is 0 Å². The molecule has 0 bridgehead atoms. The van der Waals surface area contributed by atoms with E-state index in [2.05, 4.69) is 30.2 Å². The second-order valence-electron chi connectivity index (χ2n) is 7.08. The highest BCUT2D eigenvalue weighted by Gasteiger charge is 2.18. The number of benzene rings is 1. The molecular weight excluding hydrogens is 356 g/mol. The third-order valence-electron chi connectivity index (χ3n) is 4.73. The number of hydrogen-bond donors (Lipinski definition) is 1. The van der Waals surface area contributed by atoms with Gasteiger partial charge in [-0.25, -0.2) is 4.98 Å². The summed E-state index contributed by atoms with van der Waals surface area (Å²) in [4.78, 5) is 34.3. The van der Waals surface area contributed by atoms with Crippen LogP contribution in [0.5, 0.6) is 0 Å². The van der Waals surface area contributed by atoms with Gasteiger partial charge in [0.05, 0.1) is 23.9 Å². The van der Waals surface area contributed by atoms with E-state index in [0.717, 1.165) is 37.0 Å². The summed E-state index contributed by atoms with van der Waals surface area (Å²) >= 11 is 0. The molecule has 0 aliphatic carbocycles. The number of imidazole rings is 1. The molecule has 3 aromatic rings. The van der Waals surface area contributed by atoms with E-state index >= 15 is 0 Å². The summed E-state index contributed by atoms with van der Waals surface area (Å²) in [5, 5.41) is 2.91. The van der Waals surface area contributed by atoms with E-state index in [4.69, 9.17) is 0 Å². The first-order valence-electron chi connectivity index (χ1n) is 9.44. The highest BCUT2D eigenvalue weighted by molar-refractivity contribution is 5.80. The third kappa shape index (κ3) is 3.88. The number of para-hydroxylation sites is 2. The first-order valence-corrected chi connectivity index (χ1v) is 9.44. The minimum absolute atomic E-state index is 0.113. The Kier molecular flexibility index (Phi) is 5.05. The SMILES string of the molecule is CN(C)c1nc(CNC(=O)Cn2cnc3ccccc32)nc(N2CCCC2)n1. The topological polar surface area (TPSA) is 92.1 Å². The van der Waals surface area contributed by atoms with E-state index in [1.807, 2.05) is 47.8 Å². The molecule has 1 aliphatic heterocycles. The van der Waals surface area contributed by atoms with E-state index in [1.165, 1.54) is 0 Å². The predicted molar refractivity (Wildman–Crippen MR) is 107 cm³/mol. The molecule has 1 aliphatic rings. The van der Waals surface area contributed by atoms with Gasteiger partial charge in [0.2, 0.25) is 17.8 Å². The summed E-state index contributed by atoms with van der Waals surface area (Å²) in [5.41, 5.74) is 1.81. The first-order chi connectivity index (χ1) is 13.6. The van der Waals surface area contributed by atoms with Crippen LogP contribution in [0, 0.1) is 0 Å². The predicted octanol–water partition coefficient (Wildman–Crippen LogP) is 1.20. The average molecular weight is 380 g/mol. The summed E-state index contributed by atoms with van der Waals surface area (Å²) < 4.78 is 1.83. The molecule has 9 heteroatoms. The van der Waals surface area contributed by atoms with Crippen LogP contribution in [-0.4, -0.2) is 57.6 Å². The molecule has 0 saturated carbocycles. The van der Waals surface area contributed by atoms with Crippen molar-refractivity contribution in [2.75, 3.05) is 37.0 Å². The highest BCUT2D eigenvalue weighted by atomic mass is 16.1. The van der Waals surface area contributed by atoms with E-state index in [0.29, 0.717) is 17.7 Å². The van der Waals surface area contributed by atoms with Crippen molar-refractivity contribution in [2.24, 2.45) is 0 Å². The normalized spacial score (nSPS) is 13.9. The van der Waals surface area contributed by atoms with Gasteiger partial charge in [-0.05, 0) is 25.0 Å². The fourth-order valence-corrected chi connectivity index (χ4v) is 3.26. The summed E-state index contributed by atoms with van der Waals surface area (Å²) in [6.07, 6.45) is 3.98. The summed E-state index contributed by atoms with van der Waals surface area (Å²) in [6, 6.07) is 7.75. The smallest absolute Gasteiger partial charge is 0.240 e. The van der Waals surface area contributed by atoms with Crippen LogP contribution in [0.4, 0.5) is 11.9 Å². The number of nitrogens with zero attached hydrogens (tertiary/aromatic N) is 7. The lowest BCUT2D eigenvalue weighted by Crippen LogP contribution is -2.29. The Labute approximate surface area is 163 Å². The molecule has 1 amide bonds. The molecule has 0 unspecified atom stereocenters. The van der Waals surface area contributed by atoms with Gasteiger partial charge in [0.1, 0.15) is 6.54 Å². The summed E-state index contributed by atoms with van der Waals surface area (Å²) in [6.45, 7) is 2.37. The number of aromatic nitrogens is 5. The van der Waals surface area contributed by atoms with E-state index in [-0.39, 0.29) is 19.0 Å². The third-order valence-corrected chi connectivity index (χ3v) is 4.73. The van der Waals surface area contributed by atoms with Crippen molar-refractivity contribution < 1.29 is 4.79 Å². The molecular formula is C19H24N8O. The van der Waals surface area contributed by atoms with Gasteiger partial charge >= 0.3 is 0 Å². The molecule has 28 heavy (non-hydrogen) atoms. The standard InChI is InChI=1S/C19H24N8O/c1-25(2)18-22-16(23-19(24-18)26-9-5-6-10-26)11-20-17(28)12-27-13-21-14-7-3-4-8-15(14)27/h3-4,7-8,13H,5-6,9-12H2,1-2H3,(H,20,28).